The molecule has 0 bridgehead atoms. The van der Waals surface area contributed by atoms with Gasteiger partial charge in [0.05, 0.1) is 0 Å². The second-order valence-corrected chi connectivity index (χ2v) is 5.77. The number of H-pyrrole nitrogens is 1. The van der Waals surface area contributed by atoms with Crippen molar-refractivity contribution >= 4 is 11.7 Å². The number of hydrogen-bond donors (Lipinski definition) is 2. The van der Waals surface area contributed by atoms with Crippen LogP contribution in [0.1, 0.15) is 62.6 Å². The molecule has 4 heteroatoms. The maximum absolute atomic E-state index is 11.9. The van der Waals surface area contributed by atoms with Gasteiger partial charge in [0.2, 0.25) is 5.91 Å². The number of aryl methyl sites for hydroxylation is 1. The molecule has 4 nitrogen and oxygen atoms in total. The van der Waals surface area contributed by atoms with Gasteiger partial charge in [-0.3, -0.25) is 9.89 Å². The lowest BCUT2D eigenvalue weighted by Crippen LogP contribution is -2.13. The topological polar surface area (TPSA) is 57.8 Å². The number of anilines is 1. The van der Waals surface area contributed by atoms with Crippen LogP contribution in [0.15, 0.2) is 0 Å². The highest BCUT2D eigenvalue weighted by Crippen LogP contribution is 2.27. The van der Waals surface area contributed by atoms with Crippen molar-refractivity contribution in [2.45, 2.75) is 65.2 Å². The molecular formula is C15H25N3O. The summed E-state index contributed by atoms with van der Waals surface area (Å²) in [5.41, 5.74) is 2.04. The van der Waals surface area contributed by atoms with Crippen LogP contribution in [0, 0.1) is 19.8 Å². The minimum atomic E-state index is 0.0883. The Hall–Kier alpha value is -1.32. The first-order chi connectivity index (χ1) is 9.16. The first-order valence-corrected chi connectivity index (χ1v) is 7.48. The molecule has 0 aromatic carbocycles. The van der Waals surface area contributed by atoms with E-state index in [-0.39, 0.29) is 5.91 Å². The van der Waals surface area contributed by atoms with Crippen LogP contribution in [0.3, 0.4) is 0 Å². The van der Waals surface area contributed by atoms with E-state index in [2.05, 4.69) is 15.5 Å². The van der Waals surface area contributed by atoms with E-state index in [0.717, 1.165) is 23.6 Å². The lowest BCUT2D eigenvalue weighted by molar-refractivity contribution is -0.116. The average Bonchev–Trinajstić information content (AvgIpc) is 2.72. The van der Waals surface area contributed by atoms with Gasteiger partial charge < -0.3 is 5.32 Å². The van der Waals surface area contributed by atoms with Gasteiger partial charge in [0.15, 0.2) is 5.82 Å². The predicted octanol–water partition coefficient (Wildman–Crippen LogP) is 3.72. The van der Waals surface area contributed by atoms with Gasteiger partial charge in [0.1, 0.15) is 0 Å². The second-order valence-electron chi connectivity index (χ2n) is 5.77. The van der Waals surface area contributed by atoms with E-state index in [1.807, 2.05) is 13.8 Å². The summed E-state index contributed by atoms with van der Waals surface area (Å²) in [6.07, 6.45) is 9.69. The number of aromatic nitrogens is 2. The molecule has 0 aliphatic heterocycles. The van der Waals surface area contributed by atoms with Gasteiger partial charge >= 0.3 is 0 Å². The van der Waals surface area contributed by atoms with Crippen molar-refractivity contribution in [3.05, 3.63) is 11.3 Å². The number of aromatic amines is 1. The molecule has 1 aliphatic rings. The molecule has 1 heterocycles. The molecule has 19 heavy (non-hydrogen) atoms. The van der Waals surface area contributed by atoms with E-state index in [1.165, 1.54) is 38.5 Å². The van der Waals surface area contributed by atoms with Crippen molar-refractivity contribution in [2.75, 3.05) is 5.32 Å². The summed E-state index contributed by atoms with van der Waals surface area (Å²) in [4.78, 5) is 11.9. The Morgan fingerprint density at radius 1 is 1.32 bits per heavy atom. The van der Waals surface area contributed by atoms with Gasteiger partial charge in [-0.2, -0.15) is 5.10 Å². The standard InChI is InChI=1S/C15H25N3O/c1-11-12(2)17-18-15(11)16-14(19)10-6-9-13-7-4-3-5-8-13/h13H,3-10H2,1-2H3,(H2,16,17,18,19). The smallest absolute Gasteiger partial charge is 0.225 e. The molecule has 0 unspecified atom stereocenters. The minimum Gasteiger partial charge on any atom is -0.309 e. The number of nitrogens with one attached hydrogen (secondary N) is 2. The van der Waals surface area contributed by atoms with Crippen LogP contribution >= 0.6 is 0 Å². The molecule has 2 rings (SSSR count). The zero-order valence-electron chi connectivity index (χ0n) is 12.1. The molecule has 1 fully saturated rings. The minimum absolute atomic E-state index is 0.0883. The van der Waals surface area contributed by atoms with Crippen LogP contribution < -0.4 is 5.32 Å². The van der Waals surface area contributed by atoms with Crippen LogP contribution in [-0.2, 0) is 4.79 Å². The van der Waals surface area contributed by atoms with Crippen LogP contribution in [-0.4, -0.2) is 16.1 Å². The molecule has 1 aromatic heterocycles. The number of hydrogen-bond acceptors (Lipinski definition) is 2. The van der Waals surface area contributed by atoms with Crippen molar-refractivity contribution in [2.24, 2.45) is 5.92 Å². The van der Waals surface area contributed by atoms with Crippen LogP contribution in [0.25, 0.3) is 0 Å². The molecule has 1 aromatic rings. The summed E-state index contributed by atoms with van der Waals surface area (Å²) in [6.45, 7) is 3.93. The summed E-state index contributed by atoms with van der Waals surface area (Å²) in [5, 5.41) is 9.87. The molecule has 106 valence electrons. The van der Waals surface area contributed by atoms with Crippen molar-refractivity contribution in [3.63, 3.8) is 0 Å². The highest BCUT2D eigenvalue weighted by molar-refractivity contribution is 5.90. The monoisotopic (exact) mass is 263 g/mol. The third-order valence-electron chi connectivity index (χ3n) is 4.25. The average molecular weight is 263 g/mol. The largest absolute Gasteiger partial charge is 0.309 e. The molecule has 2 N–H and O–H groups in total. The van der Waals surface area contributed by atoms with E-state index < -0.39 is 0 Å². The normalized spacial score (nSPS) is 16.5. The molecular weight excluding hydrogens is 238 g/mol. The Labute approximate surface area is 115 Å². The fraction of sp³-hybridized carbons (Fsp3) is 0.733. The Morgan fingerprint density at radius 3 is 2.68 bits per heavy atom. The Kier molecular flexibility index (Phi) is 5.00. The van der Waals surface area contributed by atoms with Gasteiger partial charge in [-0.15, -0.1) is 0 Å². The zero-order valence-corrected chi connectivity index (χ0v) is 12.1. The van der Waals surface area contributed by atoms with Crippen molar-refractivity contribution < 1.29 is 4.79 Å². The van der Waals surface area contributed by atoms with E-state index >= 15 is 0 Å². The van der Waals surface area contributed by atoms with E-state index in [4.69, 9.17) is 0 Å². The lowest BCUT2D eigenvalue weighted by atomic mass is 9.86. The first kappa shape index (κ1) is 14.1. The van der Waals surface area contributed by atoms with Crippen LogP contribution in [0.4, 0.5) is 5.82 Å². The van der Waals surface area contributed by atoms with E-state index in [1.54, 1.807) is 0 Å². The number of nitrogens with zero attached hydrogens (tertiary/aromatic N) is 1. The highest BCUT2D eigenvalue weighted by atomic mass is 16.1. The molecule has 0 atom stereocenters. The summed E-state index contributed by atoms with van der Waals surface area (Å²) in [5.74, 6) is 1.63. The fourth-order valence-electron chi connectivity index (χ4n) is 2.83. The SMILES string of the molecule is Cc1[nH]nc(NC(=O)CCCC2CCCCC2)c1C. The molecule has 1 aliphatic carbocycles. The van der Waals surface area contributed by atoms with E-state index in [9.17, 15) is 4.79 Å². The second kappa shape index (κ2) is 6.73. The van der Waals surface area contributed by atoms with Crippen LogP contribution in [0.5, 0.6) is 0 Å². The van der Waals surface area contributed by atoms with Crippen molar-refractivity contribution in [1.82, 2.24) is 10.2 Å². The maximum atomic E-state index is 11.9. The van der Waals surface area contributed by atoms with Gasteiger partial charge in [-0.25, -0.2) is 0 Å². The number of rotatable bonds is 5. The summed E-state index contributed by atoms with van der Waals surface area (Å²) >= 11 is 0. The summed E-state index contributed by atoms with van der Waals surface area (Å²) in [6, 6.07) is 0. The zero-order chi connectivity index (χ0) is 13.7. The molecule has 0 saturated heterocycles. The molecule has 0 spiro atoms. The van der Waals surface area contributed by atoms with E-state index in [0.29, 0.717) is 12.2 Å². The highest BCUT2D eigenvalue weighted by Gasteiger charge is 2.14. The third kappa shape index (κ3) is 4.08. The Morgan fingerprint density at radius 2 is 2.05 bits per heavy atom. The summed E-state index contributed by atoms with van der Waals surface area (Å²) in [7, 11) is 0. The quantitative estimate of drug-likeness (QED) is 0.850. The number of amides is 1. The summed E-state index contributed by atoms with van der Waals surface area (Å²) < 4.78 is 0. The first-order valence-electron chi connectivity index (χ1n) is 7.48. The fourth-order valence-corrected chi connectivity index (χ4v) is 2.83. The van der Waals surface area contributed by atoms with Gasteiger partial charge in [-0.1, -0.05) is 32.1 Å². The molecule has 0 radical (unpaired) electrons. The van der Waals surface area contributed by atoms with Crippen LogP contribution in [0.2, 0.25) is 0 Å². The van der Waals surface area contributed by atoms with Gasteiger partial charge in [-0.05, 0) is 32.6 Å². The third-order valence-corrected chi connectivity index (χ3v) is 4.25. The Bertz CT molecular complexity index is 419. The lowest BCUT2D eigenvalue weighted by Gasteiger charge is -2.21. The molecule has 1 amide bonds. The van der Waals surface area contributed by atoms with Gasteiger partial charge in [0, 0.05) is 17.7 Å². The molecule has 1 saturated carbocycles. The maximum Gasteiger partial charge on any atom is 0.225 e. The van der Waals surface area contributed by atoms with Crippen molar-refractivity contribution in [3.8, 4) is 0 Å². The van der Waals surface area contributed by atoms with Gasteiger partial charge in [0.25, 0.3) is 0 Å². The number of carbonyl (C=O) groups is 1. The number of carbonyl (C=O) groups excluding carboxylic acids is 1. The van der Waals surface area contributed by atoms with Crippen molar-refractivity contribution in [1.29, 1.82) is 0 Å². The Balaban J connectivity index is 1.68. The predicted molar refractivity (Wildman–Crippen MR) is 77.1 cm³/mol.